The van der Waals surface area contributed by atoms with E-state index in [0.717, 1.165) is 18.8 Å². The maximum atomic E-state index is 13.6. The number of hydrogen-bond acceptors (Lipinski definition) is 7. The zero-order chi connectivity index (χ0) is 33.6. The molecule has 0 saturated carbocycles. The summed E-state index contributed by atoms with van der Waals surface area (Å²) in [5.74, 6) is -2.58. The Morgan fingerprint density at radius 1 is 0.913 bits per heavy atom. The fourth-order valence-electron chi connectivity index (χ4n) is 4.83. The summed E-state index contributed by atoms with van der Waals surface area (Å²) < 4.78 is 18.6. The van der Waals surface area contributed by atoms with Crippen LogP contribution in [0, 0.1) is 11.7 Å². The van der Waals surface area contributed by atoms with Crippen molar-refractivity contribution in [3.63, 3.8) is 0 Å². The topological polar surface area (TPSA) is 154 Å². The minimum absolute atomic E-state index is 0.0561. The number of carboxylic acids is 2. The summed E-state index contributed by atoms with van der Waals surface area (Å²) in [5, 5.41) is 18.3. The number of amides is 2. The van der Waals surface area contributed by atoms with Gasteiger partial charge >= 0.3 is 11.9 Å². The second kappa shape index (κ2) is 17.2. The van der Waals surface area contributed by atoms with Gasteiger partial charge in [-0.15, -0.1) is 0 Å². The molecule has 3 aromatic rings. The number of Topliss-reactive ketones (excluding diaryl/α,β-unsaturated/α-hetero) is 1. The molecule has 11 nitrogen and oxygen atoms in total. The Morgan fingerprint density at radius 3 is 2.04 bits per heavy atom. The van der Waals surface area contributed by atoms with E-state index in [1.54, 1.807) is 48.4 Å². The molecule has 1 heterocycles. The Hall–Kier alpha value is -5.36. The first kappa shape index (κ1) is 35.1. The van der Waals surface area contributed by atoms with Crippen LogP contribution in [0.15, 0.2) is 84.9 Å². The third-order valence-electron chi connectivity index (χ3n) is 7.16. The van der Waals surface area contributed by atoms with Gasteiger partial charge in [-0.2, -0.15) is 0 Å². The van der Waals surface area contributed by atoms with Gasteiger partial charge < -0.3 is 30.1 Å². The smallest absolute Gasteiger partial charge is 0.328 e. The highest BCUT2D eigenvalue weighted by Gasteiger charge is 2.27. The molecule has 4 rings (SSSR count). The summed E-state index contributed by atoms with van der Waals surface area (Å²) in [4.78, 5) is 60.8. The average Bonchev–Trinajstić information content (AvgIpc) is 3.04. The molecule has 12 heteroatoms. The van der Waals surface area contributed by atoms with Crippen molar-refractivity contribution in [2.24, 2.45) is 5.92 Å². The van der Waals surface area contributed by atoms with Crippen molar-refractivity contribution in [2.75, 3.05) is 43.5 Å². The molecule has 0 aliphatic carbocycles. The largest absolute Gasteiger partial charge is 0.497 e. The van der Waals surface area contributed by atoms with Crippen molar-refractivity contribution in [1.82, 2.24) is 4.90 Å². The first-order chi connectivity index (χ1) is 22.0. The lowest BCUT2D eigenvalue weighted by atomic mass is 9.89. The first-order valence-electron chi connectivity index (χ1n) is 14.5. The van der Waals surface area contributed by atoms with Crippen LogP contribution in [0.25, 0.3) is 0 Å². The van der Waals surface area contributed by atoms with Gasteiger partial charge in [0.25, 0.3) is 5.91 Å². The summed E-state index contributed by atoms with van der Waals surface area (Å²) in [7, 11) is 1.59. The van der Waals surface area contributed by atoms with Gasteiger partial charge in [-0.3, -0.25) is 14.4 Å². The van der Waals surface area contributed by atoms with Gasteiger partial charge in [0.2, 0.25) is 5.91 Å². The van der Waals surface area contributed by atoms with E-state index >= 15 is 0 Å². The number of carboxylic acid groups (broad SMARTS) is 2. The highest BCUT2D eigenvalue weighted by Crippen LogP contribution is 2.25. The molecule has 0 bridgehead atoms. The van der Waals surface area contributed by atoms with Crippen LogP contribution in [-0.4, -0.2) is 77.9 Å². The molecule has 0 spiro atoms. The third kappa shape index (κ3) is 11.0. The number of benzene rings is 3. The molecule has 2 amide bonds. The Bertz CT molecular complexity index is 1530. The molecule has 0 aromatic heterocycles. The van der Waals surface area contributed by atoms with Crippen LogP contribution < -0.4 is 15.0 Å². The van der Waals surface area contributed by atoms with Crippen LogP contribution >= 0.6 is 0 Å². The van der Waals surface area contributed by atoms with Crippen molar-refractivity contribution in [1.29, 1.82) is 0 Å². The Kier molecular flexibility index (Phi) is 13.1. The van der Waals surface area contributed by atoms with Crippen molar-refractivity contribution < 1.29 is 43.3 Å². The van der Waals surface area contributed by atoms with Gasteiger partial charge in [0.1, 0.15) is 11.6 Å². The maximum Gasteiger partial charge on any atom is 0.328 e. The highest BCUT2D eigenvalue weighted by molar-refractivity contribution is 6.06. The normalized spacial score (nSPS) is 13.3. The number of ether oxygens (including phenoxy) is 1. The molecule has 1 saturated heterocycles. The van der Waals surface area contributed by atoms with Crippen LogP contribution in [-0.2, 0) is 14.4 Å². The molecule has 242 valence electrons. The Morgan fingerprint density at radius 2 is 1.50 bits per heavy atom. The fourth-order valence-corrected chi connectivity index (χ4v) is 4.83. The van der Waals surface area contributed by atoms with Crippen molar-refractivity contribution >= 4 is 40.9 Å². The third-order valence-corrected chi connectivity index (χ3v) is 7.16. The van der Waals surface area contributed by atoms with Crippen molar-refractivity contribution in [3.8, 4) is 5.75 Å². The van der Waals surface area contributed by atoms with E-state index in [-0.39, 0.29) is 29.3 Å². The number of hydrogen-bond donors (Lipinski definition) is 3. The van der Waals surface area contributed by atoms with Gasteiger partial charge in [0.05, 0.1) is 7.11 Å². The molecule has 46 heavy (non-hydrogen) atoms. The summed E-state index contributed by atoms with van der Waals surface area (Å²) in [5.41, 5.74) is 2.40. The van der Waals surface area contributed by atoms with Gasteiger partial charge in [-0.1, -0.05) is 6.07 Å². The number of likely N-dealkylation sites (tertiary alicyclic amines) is 1. The van der Waals surface area contributed by atoms with Gasteiger partial charge in [0, 0.05) is 66.7 Å². The lowest BCUT2D eigenvalue weighted by molar-refractivity contribution is -0.134. The van der Waals surface area contributed by atoms with Crippen LogP contribution in [0.2, 0.25) is 0 Å². The molecule has 1 fully saturated rings. The molecule has 3 aromatic carbocycles. The highest BCUT2D eigenvalue weighted by atomic mass is 19.1. The predicted molar refractivity (Wildman–Crippen MR) is 170 cm³/mol. The first-order valence-corrected chi connectivity index (χ1v) is 14.5. The summed E-state index contributed by atoms with van der Waals surface area (Å²) >= 11 is 0. The summed E-state index contributed by atoms with van der Waals surface area (Å²) in [6.07, 6.45) is 2.55. The number of methoxy groups -OCH3 is 1. The molecular formula is C34H36FN3O8. The quantitative estimate of drug-likeness (QED) is 0.201. The predicted octanol–water partition coefficient (Wildman–Crippen LogP) is 4.75. The van der Waals surface area contributed by atoms with E-state index in [1.807, 2.05) is 24.3 Å². The second-order valence-electron chi connectivity index (χ2n) is 10.4. The number of nitrogens with one attached hydrogen (secondary N) is 1. The average molecular weight is 634 g/mol. The minimum Gasteiger partial charge on any atom is -0.497 e. The van der Waals surface area contributed by atoms with Crippen molar-refractivity contribution in [2.45, 2.75) is 19.8 Å². The van der Waals surface area contributed by atoms with Gasteiger partial charge in [-0.05, 0) is 86.6 Å². The van der Waals surface area contributed by atoms with Crippen LogP contribution in [0.5, 0.6) is 5.75 Å². The molecular weight excluding hydrogens is 597 g/mol. The van der Waals surface area contributed by atoms with Crippen LogP contribution in [0.1, 0.15) is 40.5 Å². The SMILES string of the molecule is COc1cccc(N(CCN2CCC(C(=O)c3ccc(F)cc3)CC2)C(=O)c2ccc(NC(C)=O)cc2)c1.O=C(O)/C=C\C(=O)O. The zero-order valence-corrected chi connectivity index (χ0v) is 25.5. The van der Waals surface area contributed by atoms with Gasteiger partial charge in [-0.25, -0.2) is 14.0 Å². The summed E-state index contributed by atoms with van der Waals surface area (Å²) in [6, 6.07) is 19.9. The number of carbonyl (C=O) groups excluding carboxylic acids is 3. The van der Waals surface area contributed by atoms with E-state index in [1.165, 1.54) is 19.1 Å². The number of anilines is 2. The monoisotopic (exact) mass is 633 g/mol. The molecule has 1 aliphatic heterocycles. The van der Waals surface area contributed by atoms with E-state index < -0.39 is 11.9 Å². The zero-order valence-electron chi connectivity index (χ0n) is 25.5. The van der Waals surface area contributed by atoms with E-state index in [9.17, 15) is 28.4 Å². The number of rotatable bonds is 11. The molecule has 1 aliphatic rings. The number of nitrogens with zero attached hydrogens (tertiary/aromatic N) is 2. The number of halogens is 1. The van der Waals surface area contributed by atoms with Crippen LogP contribution in [0.3, 0.4) is 0 Å². The number of aliphatic carboxylic acids is 2. The number of carbonyl (C=O) groups is 5. The lowest BCUT2D eigenvalue weighted by Crippen LogP contribution is -2.42. The minimum atomic E-state index is -1.26. The maximum absolute atomic E-state index is 13.6. The van der Waals surface area contributed by atoms with E-state index in [4.69, 9.17) is 14.9 Å². The molecule has 3 N–H and O–H groups in total. The van der Waals surface area contributed by atoms with E-state index in [2.05, 4.69) is 10.2 Å². The van der Waals surface area contributed by atoms with Gasteiger partial charge in [0.15, 0.2) is 5.78 Å². The second-order valence-corrected chi connectivity index (χ2v) is 10.4. The number of piperidine rings is 1. The van der Waals surface area contributed by atoms with Crippen LogP contribution in [0.4, 0.5) is 15.8 Å². The fraction of sp³-hybridized carbons (Fsp3) is 0.265. The Balaban J connectivity index is 0.000000637. The molecule has 0 unspecified atom stereocenters. The lowest BCUT2D eigenvalue weighted by Gasteiger charge is -2.33. The Labute approximate surface area is 265 Å². The standard InChI is InChI=1S/C30H32FN3O4.C4H4O4/c1-21(35)32-26-12-8-24(9-13-26)30(37)34(27-4-3-5-28(20-27)38-2)19-18-33-16-14-23(15-17-33)29(36)22-6-10-25(31)11-7-22;5-3(6)1-2-4(7)8/h3-13,20,23H,14-19H2,1-2H3,(H,32,35);1-2H,(H,5,6)(H,7,8)/b;2-1-. The molecule has 0 atom stereocenters. The van der Waals surface area contributed by atoms with Crippen molar-refractivity contribution in [3.05, 3.63) is 102 Å². The molecule has 0 radical (unpaired) electrons. The summed E-state index contributed by atoms with van der Waals surface area (Å²) in [6.45, 7) is 4.01. The van der Waals surface area contributed by atoms with E-state index in [0.29, 0.717) is 60.6 Å². The number of ketones is 1.